The number of esters is 1. The molecule has 7 heteroatoms. The summed E-state index contributed by atoms with van der Waals surface area (Å²) in [5.41, 5.74) is 7.93. The number of nitrogens with one attached hydrogen (secondary N) is 2. The van der Waals surface area contributed by atoms with Gasteiger partial charge in [0, 0.05) is 23.0 Å². The second kappa shape index (κ2) is 11.5. The fourth-order valence-electron chi connectivity index (χ4n) is 4.75. The van der Waals surface area contributed by atoms with Crippen LogP contribution in [0, 0.1) is 17.8 Å². The number of ether oxygens (including phenoxy) is 1. The summed E-state index contributed by atoms with van der Waals surface area (Å²) in [7, 11) is 0. The molecule has 0 radical (unpaired) electrons. The van der Waals surface area contributed by atoms with Gasteiger partial charge in [-0.25, -0.2) is 0 Å². The van der Waals surface area contributed by atoms with Crippen LogP contribution in [0.15, 0.2) is 24.3 Å². The van der Waals surface area contributed by atoms with Crippen LogP contribution in [0.3, 0.4) is 0 Å². The molecule has 1 heterocycles. The Hall–Kier alpha value is -2.41. The fourth-order valence-corrected chi connectivity index (χ4v) is 4.88. The van der Waals surface area contributed by atoms with E-state index in [9.17, 15) is 9.59 Å². The van der Waals surface area contributed by atoms with E-state index in [0.717, 1.165) is 61.4 Å². The molecule has 174 valence electrons. The molecule has 1 atom stereocenters. The lowest BCUT2D eigenvalue weighted by atomic mass is 9.77. The van der Waals surface area contributed by atoms with Gasteiger partial charge in [0.25, 0.3) is 5.91 Å². The van der Waals surface area contributed by atoms with Gasteiger partial charge in [0.15, 0.2) is 0 Å². The van der Waals surface area contributed by atoms with Crippen molar-refractivity contribution in [1.82, 2.24) is 10.3 Å². The van der Waals surface area contributed by atoms with Gasteiger partial charge in [0.2, 0.25) is 0 Å². The molecule has 0 aliphatic heterocycles. The van der Waals surface area contributed by atoms with Crippen molar-refractivity contribution in [2.45, 2.75) is 58.8 Å². The Balaban J connectivity index is 1.47. The smallest absolute Gasteiger partial charge is 0.308 e. The van der Waals surface area contributed by atoms with E-state index in [-0.39, 0.29) is 17.8 Å². The molecule has 1 aliphatic rings. The third kappa shape index (κ3) is 6.31. The highest BCUT2D eigenvalue weighted by Gasteiger charge is 2.27. The van der Waals surface area contributed by atoms with Gasteiger partial charge < -0.3 is 20.8 Å². The van der Waals surface area contributed by atoms with E-state index in [1.165, 1.54) is 0 Å². The summed E-state index contributed by atoms with van der Waals surface area (Å²) < 4.78 is 5.26. The maximum Gasteiger partial charge on any atom is 0.308 e. The molecule has 1 unspecified atom stereocenters. The van der Waals surface area contributed by atoms with Crippen molar-refractivity contribution in [2.24, 2.45) is 23.5 Å². The van der Waals surface area contributed by atoms with Gasteiger partial charge in [-0.2, -0.15) is 0 Å². The van der Waals surface area contributed by atoms with E-state index >= 15 is 0 Å². The Kier molecular flexibility index (Phi) is 8.67. The summed E-state index contributed by atoms with van der Waals surface area (Å²) in [5.74, 6) is 0.942. The zero-order chi connectivity index (χ0) is 23.1. The summed E-state index contributed by atoms with van der Waals surface area (Å²) in [6.45, 7) is 5.10. The minimum absolute atomic E-state index is 0.0253. The molecule has 0 saturated heterocycles. The lowest BCUT2D eigenvalue weighted by Gasteiger charge is -2.30. The first-order valence-corrected chi connectivity index (χ1v) is 12.2. The molecule has 1 fully saturated rings. The molecule has 6 nitrogen and oxygen atoms in total. The lowest BCUT2D eigenvalue weighted by Crippen LogP contribution is -2.32. The number of fused-ring (bicyclic) bond motifs is 1. The van der Waals surface area contributed by atoms with E-state index in [4.69, 9.17) is 22.7 Å². The van der Waals surface area contributed by atoms with E-state index in [2.05, 4.69) is 17.2 Å². The van der Waals surface area contributed by atoms with Crippen molar-refractivity contribution in [3.05, 3.63) is 35.5 Å². The normalized spacial score (nSPS) is 19.4. The summed E-state index contributed by atoms with van der Waals surface area (Å²) in [6.07, 6.45) is 7.20. The fraction of sp³-hybridized carbons (Fsp3) is 0.560. The maximum atomic E-state index is 12.6. The predicted molar refractivity (Wildman–Crippen MR) is 132 cm³/mol. The minimum Gasteiger partial charge on any atom is -0.466 e. The third-order valence-electron chi connectivity index (χ3n) is 6.54. The number of carbonyl (C=O) groups excluding carboxylic acids is 2. The number of amides is 1. The third-order valence-corrected chi connectivity index (χ3v) is 6.78. The zero-order valence-electron chi connectivity index (χ0n) is 19.1. The Morgan fingerprint density at radius 2 is 1.91 bits per heavy atom. The topological polar surface area (TPSA) is 97.2 Å². The van der Waals surface area contributed by atoms with Crippen molar-refractivity contribution in [2.75, 3.05) is 13.2 Å². The van der Waals surface area contributed by atoms with Gasteiger partial charge in [-0.1, -0.05) is 38.4 Å². The number of rotatable bonds is 10. The summed E-state index contributed by atoms with van der Waals surface area (Å²) in [4.78, 5) is 28.4. The van der Waals surface area contributed by atoms with Crippen LogP contribution < -0.4 is 11.1 Å². The molecular weight excluding hydrogens is 422 g/mol. The summed E-state index contributed by atoms with van der Waals surface area (Å²) in [5, 5.41) is 4.00. The van der Waals surface area contributed by atoms with Crippen molar-refractivity contribution < 1.29 is 14.3 Å². The van der Waals surface area contributed by atoms with Crippen molar-refractivity contribution in [3.63, 3.8) is 0 Å². The van der Waals surface area contributed by atoms with Crippen molar-refractivity contribution in [3.8, 4) is 0 Å². The highest BCUT2D eigenvalue weighted by atomic mass is 32.1. The summed E-state index contributed by atoms with van der Waals surface area (Å²) >= 11 is 5.03. The SMILES string of the molecule is CCCC(CC1CCC(CNC(=O)c2cc3cc(C(N)=S)ccc3[nH]2)CC1)C(=O)OCC. The number of H-pyrrole nitrogens is 1. The number of carbonyl (C=O) groups is 2. The molecule has 3 rings (SSSR count). The molecule has 1 aromatic heterocycles. The standard InChI is InChI=1S/C25H35N3O3S/c1-3-5-19(25(30)31-4-2)12-16-6-8-17(9-7-16)15-27-24(29)22-14-20-13-18(23(26)32)10-11-21(20)28-22/h10-11,13-14,16-17,19,28H,3-9,12,15H2,1-2H3,(H2,26,32)(H,27,29). The molecule has 1 aromatic carbocycles. The number of thiocarbonyl (C=S) groups is 1. The van der Waals surface area contributed by atoms with Crippen molar-refractivity contribution >= 4 is 40.0 Å². The number of hydrogen-bond donors (Lipinski definition) is 3. The molecule has 2 aromatic rings. The van der Waals surface area contributed by atoms with E-state index < -0.39 is 0 Å². The first-order chi connectivity index (χ1) is 15.4. The van der Waals surface area contributed by atoms with Crippen LogP contribution in [0.2, 0.25) is 0 Å². The van der Waals surface area contributed by atoms with E-state index in [0.29, 0.717) is 35.7 Å². The average molecular weight is 458 g/mol. The second-order valence-electron chi connectivity index (χ2n) is 8.92. The summed E-state index contributed by atoms with van der Waals surface area (Å²) in [6, 6.07) is 7.49. The number of nitrogens with two attached hydrogens (primary N) is 1. The van der Waals surface area contributed by atoms with Crippen molar-refractivity contribution in [1.29, 1.82) is 0 Å². The van der Waals surface area contributed by atoms with Gasteiger partial charge in [-0.3, -0.25) is 9.59 Å². The van der Waals surface area contributed by atoms with E-state index in [1.54, 1.807) is 0 Å². The van der Waals surface area contributed by atoms with Crippen LogP contribution in [-0.4, -0.2) is 35.0 Å². The average Bonchev–Trinajstić information content (AvgIpc) is 3.21. The monoisotopic (exact) mass is 457 g/mol. The number of hydrogen-bond acceptors (Lipinski definition) is 4. The molecule has 32 heavy (non-hydrogen) atoms. The largest absolute Gasteiger partial charge is 0.466 e. The molecular formula is C25H35N3O3S. The first-order valence-electron chi connectivity index (χ1n) is 11.8. The molecule has 0 spiro atoms. The molecule has 1 saturated carbocycles. The van der Waals surface area contributed by atoms with Gasteiger partial charge in [0.1, 0.15) is 10.7 Å². The first kappa shape index (κ1) is 24.2. The minimum atomic E-state index is -0.0921. The number of aromatic nitrogens is 1. The van der Waals surface area contributed by atoms with Crippen LogP contribution in [0.4, 0.5) is 0 Å². The van der Waals surface area contributed by atoms with Crippen LogP contribution in [0.1, 0.15) is 74.8 Å². The molecule has 0 bridgehead atoms. The molecule has 4 N–H and O–H groups in total. The predicted octanol–water partition coefficient (Wildman–Crippen LogP) is 4.71. The Morgan fingerprint density at radius 1 is 1.19 bits per heavy atom. The Bertz CT molecular complexity index is 947. The van der Waals surface area contributed by atoms with Crippen LogP contribution in [0.25, 0.3) is 10.9 Å². The van der Waals surface area contributed by atoms with Crippen LogP contribution >= 0.6 is 12.2 Å². The van der Waals surface area contributed by atoms with Gasteiger partial charge in [-0.15, -0.1) is 0 Å². The Labute approximate surface area is 195 Å². The van der Waals surface area contributed by atoms with E-state index in [1.807, 2.05) is 31.2 Å². The van der Waals surface area contributed by atoms with Gasteiger partial charge in [-0.05, 0) is 68.7 Å². The number of benzene rings is 1. The van der Waals surface area contributed by atoms with Crippen LogP contribution in [-0.2, 0) is 9.53 Å². The van der Waals surface area contributed by atoms with Crippen LogP contribution in [0.5, 0.6) is 0 Å². The molecule has 1 aliphatic carbocycles. The van der Waals surface area contributed by atoms with Gasteiger partial charge in [0.05, 0.1) is 12.5 Å². The zero-order valence-corrected chi connectivity index (χ0v) is 19.9. The lowest BCUT2D eigenvalue weighted by molar-refractivity contribution is -0.149. The maximum absolute atomic E-state index is 12.6. The quantitative estimate of drug-likeness (QED) is 0.355. The Morgan fingerprint density at radius 3 is 2.56 bits per heavy atom. The second-order valence-corrected chi connectivity index (χ2v) is 9.36. The highest BCUT2D eigenvalue weighted by Crippen LogP contribution is 2.34. The van der Waals surface area contributed by atoms with Gasteiger partial charge >= 0.3 is 5.97 Å². The molecule has 1 amide bonds. The highest BCUT2D eigenvalue weighted by molar-refractivity contribution is 7.80. The number of aromatic amines is 1.